The highest BCUT2D eigenvalue weighted by atomic mass is 16.3. The van der Waals surface area contributed by atoms with Crippen LogP contribution in [0.3, 0.4) is 0 Å². The van der Waals surface area contributed by atoms with Crippen molar-refractivity contribution in [3.63, 3.8) is 0 Å². The summed E-state index contributed by atoms with van der Waals surface area (Å²) in [5.41, 5.74) is 3.53. The highest BCUT2D eigenvalue weighted by Crippen LogP contribution is 2.35. The van der Waals surface area contributed by atoms with Gasteiger partial charge in [0, 0.05) is 31.7 Å². The molecule has 1 N–H and O–H groups in total. The van der Waals surface area contributed by atoms with Crippen LogP contribution in [-0.2, 0) is 13.2 Å². The van der Waals surface area contributed by atoms with Crippen molar-refractivity contribution in [1.29, 1.82) is 0 Å². The summed E-state index contributed by atoms with van der Waals surface area (Å²) in [5, 5.41) is 10.8. The molecule has 0 spiro atoms. The predicted octanol–water partition coefficient (Wildman–Crippen LogP) is 2.61. The van der Waals surface area contributed by atoms with Crippen molar-refractivity contribution in [2.24, 2.45) is 5.92 Å². The number of fused-ring (bicyclic) bond motifs is 1. The molecule has 0 amide bonds. The molecule has 1 aromatic heterocycles. The van der Waals surface area contributed by atoms with Crippen LogP contribution in [-0.4, -0.2) is 23.8 Å². The summed E-state index contributed by atoms with van der Waals surface area (Å²) in [6, 6.07) is 8.47. The highest BCUT2D eigenvalue weighted by Gasteiger charge is 2.24. The Morgan fingerprint density at radius 3 is 2.72 bits per heavy atom. The van der Waals surface area contributed by atoms with Crippen molar-refractivity contribution < 1.29 is 5.11 Å². The molecular formula is C15H20N2O. The molecule has 0 atom stereocenters. The average molecular weight is 244 g/mol. The van der Waals surface area contributed by atoms with Crippen LogP contribution in [0.25, 0.3) is 10.9 Å². The van der Waals surface area contributed by atoms with E-state index in [0.29, 0.717) is 0 Å². The zero-order chi connectivity index (χ0) is 12.7. The van der Waals surface area contributed by atoms with Gasteiger partial charge >= 0.3 is 0 Å². The Bertz CT molecular complexity index is 567. The van der Waals surface area contributed by atoms with Gasteiger partial charge in [0.2, 0.25) is 0 Å². The number of rotatable bonds is 4. The monoisotopic (exact) mass is 244 g/mol. The molecule has 0 saturated heterocycles. The third-order valence-corrected chi connectivity index (χ3v) is 3.77. The van der Waals surface area contributed by atoms with Crippen LogP contribution in [0.15, 0.2) is 24.3 Å². The Kier molecular flexibility index (Phi) is 2.78. The molecule has 2 aromatic rings. The van der Waals surface area contributed by atoms with Crippen molar-refractivity contribution in [3.05, 3.63) is 30.0 Å². The second-order valence-electron chi connectivity index (χ2n) is 5.46. The van der Waals surface area contributed by atoms with Gasteiger partial charge in [-0.25, -0.2) is 0 Å². The van der Waals surface area contributed by atoms with E-state index < -0.39 is 0 Å². The molecule has 1 fully saturated rings. The molecule has 3 rings (SSSR count). The van der Waals surface area contributed by atoms with Crippen molar-refractivity contribution in [2.75, 3.05) is 19.0 Å². The number of hydrogen-bond donors (Lipinski definition) is 1. The molecule has 0 unspecified atom stereocenters. The van der Waals surface area contributed by atoms with Crippen LogP contribution in [0.4, 0.5) is 5.69 Å². The summed E-state index contributed by atoms with van der Waals surface area (Å²) in [6.07, 6.45) is 2.66. The largest absolute Gasteiger partial charge is 0.390 e. The molecule has 1 heterocycles. The number of aliphatic hydroxyl groups excluding tert-OH is 1. The number of aromatic nitrogens is 1. The van der Waals surface area contributed by atoms with Crippen LogP contribution >= 0.6 is 0 Å². The van der Waals surface area contributed by atoms with E-state index in [9.17, 15) is 5.11 Å². The molecule has 0 aliphatic heterocycles. The molecular weight excluding hydrogens is 224 g/mol. The first-order valence-electron chi connectivity index (χ1n) is 6.60. The molecule has 3 heteroatoms. The maximum Gasteiger partial charge on any atom is 0.0833 e. The Balaban J connectivity index is 2.20. The maximum absolute atomic E-state index is 9.55. The zero-order valence-corrected chi connectivity index (χ0v) is 11.1. The van der Waals surface area contributed by atoms with Crippen LogP contribution in [0.2, 0.25) is 0 Å². The Labute approximate surface area is 108 Å². The first-order chi connectivity index (χ1) is 8.70. The Morgan fingerprint density at radius 2 is 2.11 bits per heavy atom. The number of aliphatic hydroxyl groups is 1. The summed E-state index contributed by atoms with van der Waals surface area (Å²) in [4.78, 5) is 2.15. The molecule has 1 aliphatic rings. The van der Waals surface area contributed by atoms with Crippen LogP contribution in [0.5, 0.6) is 0 Å². The van der Waals surface area contributed by atoms with E-state index in [0.717, 1.165) is 18.2 Å². The average Bonchev–Trinajstić information content (AvgIpc) is 3.10. The molecule has 1 aliphatic carbocycles. The van der Waals surface area contributed by atoms with Gasteiger partial charge in [0.1, 0.15) is 0 Å². The SMILES string of the molecule is CN(C)c1cccc2cc(CO)n(CC3CC3)c12. The minimum atomic E-state index is 0.119. The summed E-state index contributed by atoms with van der Waals surface area (Å²) in [7, 11) is 4.14. The standard InChI is InChI=1S/C15H20N2O/c1-16(2)14-5-3-4-12-8-13(10-18)17(15(12)14)9-11-6-7-11/h3-5,8,11,18H,6-7,9-10H2,1-2H3. The summed E-state index contributed by atoms with van der Waals surface area (Å²) in [5.74, 6) is 0.807. The van der Waals surface area contributed by atoms with Crippen LogP contribution in [0, 0.1) is 5.92 Å². The van der Waals surface area contributed by atoms with Gasteiger partial charge in [-0.2, -0.15) is 0 Å². The second kappa shape index (κ2) is 4.32. The molecule has 3 nitrogen and oxygen atoms in total. The smallest absolute Gasteiger partial charge is 0.0833 e. The molecule has 18 heavy (non-hydrogen) atoms. The molecule has 1 aromatic carbocycles. The van der Waals surface area contributed by atoms with Crippen LogP contribution in [0.1, 0.15) is 18.5 Å². The van der Waals surface area contributed by atoms with Crippen molar-refractivity contribution in [1.82, 2.24) is 4.57 Å². The molecule has 0 radical (unpaired) electrons. The third-order valence-electron chi connectivity index (χ3n) is 3.77. The first kappa shape index (κ1) is 11.6. The fraction of sp³-hybridized carbons (Fsp3) is 0.467. The summed E-state index contributed by atoms with van der Waals surface area (Å²) >= 11 is 0. The fourth-order valence-electron chi connectivity index (χ4n) is 2.62. The topological polar surface area (TPSA) is 28.4 Å². The second-order valence-corrected chi connectivity index (χ2v) is 5.46. The van der Waals surface area contributed by atoms with Gasteiger partial charge in [-0.3, -0.25) is 0 Å². The minimum Gasteiger partial charge on any atom is -0.390 e. The fourth-order valence-corrected chi connectivity index (χ4v) is 2.62. The third kappa shape index (κ3) is 1.89. The van der Waals surface area contributed by atoms with E-state index in [1.54, 1.807) is 0 Å². The van der Waals surface area contributed by atoms with Crippen molar-refractivity contribution in [2.45, 2.75) is 26.0 Å². The number of benzene rings is 1. The lowest BCUT2D eigenvalue weighted by atomic mass is 10.2. The molecule has 1 saturated carbocycles. The number of anilines is 1. The van der Waals surface area contributed by atoms with E-state index in [1.807, 2.05) is 0 Å². The van der Waals surface area contributed by atoms with Gasteiger partial charge in [0.05, 0.1) is 17.8 Å². The number of nitrogens with zero attached hydrogens (tertiary/aromatic N) is 2. The normalized spacial score (nSPS) is 15.3. The Hall–Kier alpha value is -1.48. The van der Waals surface area contributed by atoms with Gasteiger partial charge in [-0.15, -0.1) is 0 Å². The van der Waals surface area contributed by atoms with E-state index in [-0.39, 0.29) is 6.61 Å². The lowest BCUT2D eigenvalue weighted by molar-refractivity contribution is 0.270. The van der Waals surface area contributed by atoms with E-state index in [4.69, 9.17) is 0 Å². The van der Waals surface area contributed by atoms with Crippen LogP contribution < -0.4 is 4.90 Å². The summed E-state index contributed by atoms with van der Waals surface area (Å²) < 4.78 is 2.31. The maximum atomic E-state index is 9.55. The number of para-hydroxylation sites is 1. The van der Waals surface area contributed by atoms with Gasteiger partial charge < -0.3 is 14.6 Å². The van der Waals surface area contributed by atoms with Crippen molar-refractivity contribution >= 4 is 16.6 Å². The Morgan fingerprint density at radius 1 is 1.33 bits per heavy atom. The van der Waals surface area contributed by atoms with E-state index in [2.05, 4.69) is 47.8 Å². The number of hydrogen-bond acceptors (Lipinski definition) is 2. The summed E-state index contributed by atoms with van der Waals surface area (Å²) in [6.45, 7) is 1.17. The zero-order valence-electron chi connectivity index (χ0n) is 11.1. The van der Waals surface area contributed by atoms with E-state index >= 15 is 0 Å². The lowest BCUT2D eigenvalue weighted by Gasteiger charge is -2.17. The lowest BCUT2D eigenvalue weighted by Crippen LogP contribution is -2.12. The predicted molar refractivity (Wildman–Crippen MR) is 74.9 cm³/mol. The van der Waals surface area contributed by atoms with Gasteiger partial charge in [0.25, 0.3) is 0 Å². The molecule has 96 valence electrons. The van der Waals surface area contributed by atoms with Gasteiger partial charge in [0.15, 0.2) is 0 Å². The minimum absolute atomic E-state index is 0.119. The quantitative estimate of drug-likeness (QED) is 0.895. The van der Waals surface area contributed by atoms with Gasteiger partial charge in [-0.05, 0) is 30.9 Å². The van der Waals surface area contributed by atoms with Crippen molar-refractivity contribution in [3.8, 4) is 0 Å². The first-order valence-corrected chi connectivity index (χ1v) is 6.60. The highest BCUT2D eigenvalue weighted by molar-refractivity contribution is 5.92. The molecule has 0 bridgehead atoms. The van der Waals surface area contributed by atoms with E-state index in [1.165, 1.54) is 29.4 Å². The van der Waals surface area contributed by atoms with Gasteiger partial charge in [-0.1, -0.05) is 12.1 Å².